The summed E-state index contributed by atoms with van der Waals surface area (Å²) in [5, 5.41) is 0. The molecule has 1 aliphatic rings. The van der Waals surface area contributed by atoms with Crippen molar-refractivity contribution in [3.8, 4) is 22.6 Å². The van der Waals surface area contributed by atoms with Crippen LogP contribution in [0.1, 0.15) is 35.6 Å². The zero-order chi connectivity index (χ0) is 19.8. The third kappa shape index (κ3) is 2.99. The number of benzene rings is 3. The molecule has 0 saturated heterocycles. The second-order valence-corrected chi connectivity index (χ2v) is 6.86. The molecule has 0 saturated carbocycles. The van der Waals surface area contributed by atoms with Crippen LogP contribution in [0.4, 0.5) is 4.39 Å². The Morgan fingerprint density at radius 1 is 1.14 bits per heavy atom. The number of nitrogens with two attached hydrogens (primary N) is 1. The van der Waals surface area contributed by atoms with Crippen molar-refractivity contribution in [1.29, 1.82) is 0 Å². The van der Waals surface area contributed by atoms with Crippen LogP contribution in [-0.4, -0.2) is 13.0 Å². The van der Waals surface area contributed by atoms with Gasteiger partial charge in [-0.15, -0.1) is 0 Å². The van der Waals surface area contributed by atoms with E-state index in [1.807, 2.05) is 42.5 Å². The van der Waals surface area contributed by atoms with Gasteiger partial charge in [-0.2, -0.15) is 0 Å². The number of carbonyl (C=O) groups is 1. The molecule has 0 bridgehead atoms. The zero-order valence-electron chi connectivity index (χ0n) is 15.6. The van der Waals surface area contributed by atoms with Crippen LogP contribution in [0.15, 0.2) is 60.7 Å². The Labute approximate surface area is 162 Å². The predicted octanol–water partition coefficient (Wildman–Crippen LogP) is 4.57. The van der Waals surface area contributed by atoms with Gasteiger partial charge in [0, 0.05) is 5.56 Å². The molecular formula is C23H20FNO3. The molecule has 2 unspecified atom stereocenters. The minimum absolute atomic E-state index is 0.333. The standard InChI is InChI=1S/C23H20FNO3/c1-13(23(25)26)14-9-10-17-18(12-14)22(15-5-3-6-16(24)11-15)28-20-8-4-7-19(27-2)21(17)20/h3-13,22H,1-2H3,(H2,25,26). The Balaban J connectivity index is 1.95. The largest absolute Gasteiger partial charge is 0.496 e. The van der Waals surface area contributed by atoms with Gasteiger partial charge in [0.05, 0.1) is 18.6 Å². The summed E-state index contributed by atoms with van der Waals surface area (Å²) in [5.74, 6) is 0.166. The lowest BCUT2D eigenvalue weighted by atomic mass is 9.86. The van der Waals surface area contributed by atoms with E-state index in [1.165, 1.54) is 12.1 Å². The SMILES string of the molecule is COc1cccc2c1-c1ccc(C(C)C(N)=O)cc1C(c1cccc(F)c1)O2. The number of primary amides is 1. The van der Waals surface area contributed by atoms with Gasteiger partial charge < -0.3 is 15.2 Å². The molecule has 1 aliphatic heterocycles. The van der Waals surface area contributed by atoms with Crippen LogP contribution in [0.5, 0.6) is 11.5 Å². The normalized spacial score (nSPS) is 15.8. The van der Waals surface area contributed by atoms with Crippen molar-refractivity contribution in [2.75, 3.05) is 7.11 Å². The van der Waals surface area contributed by atoms with Gasteiger partial charge in [0.2, 0.25) is 5.91 Å². The number of hydrogen-bond acceptors (Lipinski definition) is 3. The van der Waals surface area contributed by atoms with Gasteiger partial charge >= 0.3 is 0 Å². The summed E-state index contributed by atoms with van der Waals surface area (Å²) >= 11 is 0. The van der Waals surface area contributed by atoms with Crippen LogP contribution in [0.3, 0.4) is 0 Å². The summed E-state index contributed by atoms with van der Waals surface area (Å²) in [7, 11) is 1.61. The van der Waals surface area contributed by atoms with E-state index in [0.717, 1.165) is 22.3 Å². The highest BCUT2D eigenvalue weighted by Crippen LogP contribution is 2.49. The summed E-state index contributed by atoms with van der Waals surface area (Å²) in [6, 6.07) is 17.7. The molecule has 5 heteroatoms. The van der Waals surface area contributed by atoms with E-state index in [2.05, 4.69) is 0 Å². The van der Waals surface area contributed by atoms with E-state index < -0.39 is 17.9 Å². The maximum atomic E-state index is 13.9. The maximum absolute atomic E-state index is 13.9. The highest BCUT2D eigenvalue weighted by molar-refractivity contribution is 5.84. The fraction of sp³-hybridized carbons (Fsp3) is 0.174. The Morgan fingerprint density at radius 3 is 2.64 bits per heavy atom. The first kappa shape index (κ1) is 18.0. The fourth-order valence-corrected chi connectivity index (χ4v) is 3.61. The third-order valence-electron chi connectivity index (χ3n) is 5.16. The Morgan fingerprint density at radius 2 is 1.93 bits per heavy atom. The predicted molar refractivity (Wildman–Crippen MR) is 105 cm³/mol. The molecule has 4 nitrogen and oxygen atoms in total. The topological polar surface area (TPSA) is 61.5 Å². The number of hydrogen-bond donors (Lipinski definition) is 1. The molecule has 3 aromatic rings. The van der Waals surface area contributed by atoms with Gasteiger partial charge in [-0.05, 0) is 47.9 Å². The first-order valence-corrected chi connectivity index (χ1v) is 9.02. The lowest BCUT2D eigenvalue weighted by molar-refractivity contribution is -0.119. The number of rotatable bonds is 4. The van der Waals surface area contributed by atoms with Crippen molar-refractivity contribution in [1.82, 2.24) is 0 Å². The van der Waals surface area contributed by atoms with E-state index in [-0.39, 0.29) is 5.82 Å². The molecule has 0 aromatic heterocycles. The van der Waals surface area contributed by atoms with E-state index in [1.54, 1.807) is 20.1 Å². The van der Waals surface area contributed by atoms with E-state index in [9.17, 15) is 9.18 Å². The molecule has 2 atom stereocenters. The first-order chi connectivity index (χ1) is 13.5. The molecule has 3 aromatic carbocycles. The Hall–Kier alpha value is -3.34. The molecule has 142 valence electrons. The summed E-state index contributed by atoms with van der Waals surface area (Å²) < 4.78 is 25.7. The minimum atomic E-state index is -0.509. The molecular weight excluding hydrogens is 357 g/mol. The van der Waals surface area contributed by atoms with Crippen molar-refractivity contribution in [3.63, 3.8) is 0 Å². The number of ether oxygens (including phenoxy) is 2. The van der Waals surface area contributed by atoms with Crippen LogP contribution in [0.25, 0.3) is 11.1 Å². The van der Waals surface area contributed by atoms with Gasteiger partial charge in [-0.1, -0.05) is 36.4 Å². The van der Waals surface area contributed by atoms with E-state index in [4.69, 9.17) is 15.2 Å². The monoisotopic (exact) mass is 377 g/mol. The van der Waals surface area contributed by atoms with Crippen LogP contribution in [-0.2, 0) is 4.79 Å². The number of carbonyl (C=O) groups excluding carboxylic acids is 1. The second kappa shape index (κ2) is 7.00. The Bertz CT molecular complexity index is 1060. The number of methoxy groups -OCH3 is 1. The van der Waals surface area contributed by atoms with Gasteiger partial charge in [0.25, 0.3) is 0 Å². The van der Waals surface area contributed by atoms with Crippen molar-refractivity contribution in [2.45, 2.75) is 18.9 Å². The van der Waals surface area contributed by atoms with Crippen LogP contribution in [0, 0.1) is 5.82 Å². The number of fused-ring (bicyclic) bond motifs is 3. The first-order valence-electron chi connectivity index (χ1n) is 9.02. The molecule has 4 rings (SSSR count). The van der Waals surface area contributed by atoms with Crippen molar-refractivity contribution >= 4 is 5.91 Å². The molecule has 0 spiro atoms. The summed E-state index contributed by atoms with van der Waals surface area (Å²) in [6.45, 7) is 1.76. The van der Waals surface area contributed by atoms with Crippen LogP contribution in [0.2, 0.25) is 0 Å². The minimum Gasteiger partial charge on any atom is -0.496 e. The molecule has 0 fully saturated rings. The molecule has 1 heterocycles. The maximum Gasteiger partial charge on any atom is 0.224 e. The van der Waals surface area contributed by atoms with Crippen molar-refractivity contribution in [2.24, 2.45) is 5.73 Å². The summed E-state index contributed by atoms with van der Waals surface area (Å²) in [5.41, 5.74) is 9.58. The third-order valence-corrected chi connectivity index (χ3v) is 5.16. The average Bonchev–Trinajstić information content (AvgIpc) is 2.71. The smallest absolute Gasteiger partial charge is 0.224 e. The van der Waals surface area contributed by atoms with Crippen molar-refractivity contribution < 1.29 is 18.7 Å². The van der Waals surface area contributed by atoms with E-state index >= 15 is 0 Å². The molecule has 1 amide bonds. The fourth-order valence-electron chi connectivity index (χ4n) is 3.61. The van der Waals surface area contributed by atoms with Gasteiger partial charge in [-0.3, -0.25) is 4.79 Å². The van der Waals surface area contributed by atoms with Gasteiger partial charge in [-0.25, -0.2) is 4.39 Å². The average molecular weight is 377 g/mol. The number of halogens is 1. The van der Waals surface area contributed by atoms with Crippen LogP contribution < -0.4 is 15.2 Å². The molecule has 28 heavy (non-hydrogen) atoms. The summed E-state index contributed by atoms with van der Waals surface area (Å²) in [4.78, 5) is 11.7. The lowest BCUT2D eigenvalue weighted by Crippen LogP contribution is -2.20. The van der Waals surface area contributed by atoms with Crippen LogP contribution >= 0.6 is 0 Å². The number of amides is 1. The molecule has 0 radical (unpaired) electrons. The summed E-state index contributed by atoms with van der Waals surface area (Å²) in [6.07, 6.45) is -0.509. The highest BCUT2D eigenvalue weighted by atomic mass is 19.1. The quantitative estimate of drug-likeness (QED) is 0.724. The second-order valence-electron chi connectivity index (χ2n) is 6.86. The van der Waals surface area contributed by atoms with Gasteiger partial charge in [0.15, 0.2) is 0 Å². The molecule has 0 aliphatic carbocycles. The highest BCUT2D eigenvalue weighted by Gasteiger charge is 2.30. The van der Waals surface area contributed by atoms with Gasteiger partial charge in [0.1, 0.15) is 23.4 Å². The molecule has 2 N–H and O–H groups in total. The Kier molecular flexibility index (Phi) is 4.51. The lowest BCUT2D eigenvalue weighted by Gasteiger charge is -2.31. The van der Waals surface area contributed by atoms with Crippen molar-refractivity contribution in [3.05, 3.63) is 83.2 Å². The zero-order valence-corrected chi connectivity index (χ0v) is 15.6. The van der Waals surface area contributed by atoms with E-state index in [0.29, 0.717) is 17.1 Å².